The molecule has 0 radical (unpaired) electrons. The molecular weight excluding hydrogens is 208 g/mol. The Morgan fingerprint density at radius 3 is 2.77 bits per heavy atom. The van der Waals surface area contributed by atoms with Gasteiger partial charge in [-0.05, 0) is 23.1 Å². The van der Waals surface area contributed by atoms with Crippen molar-refractivity contribution in [2.75, 3.05) is 0 Å². The van der Waals surface area contributed by atoms with Gasteiger partial charge in [-0.25, -0.2) is 0 Å². The Hall–Kier alpha value is -0.930. The molecular formula is C9H7ClO2S. The van der Waals surface area contributed by atoms with Gasteiger partial charge < -0.3 is 10.2 Å². The monoisotopic (exact) mass is 214 g/mol. The first-order valence-corrected chi connectivity index (χ1v) is 5.12. The Morgan fingerprint density at radius 1 is 1.31 bits per heavy atom. The van der Waals surface area contributed by atoms with Gasteiger partial charge in [0.05, 0.1) is 4.70 Å². The summed E-state index contributed by atoms with van der Waals surface area (Å²) in [6.45, 7) is 0. The van der Waals surface area contributed by atoms with Crippen molar-refractivity contribution in [3.05, 3.63) is 23.1 Å². The quantitative estimate of drug-likeness (QED) is 0.566. The van der Waals surface area contributed by atoms with E-state index in [-0.39, 0.29) is 11.5 Å². The maximum atomic E-state index is 9.48. The number of halogens is 1. The van der Waals surface area contributed by atoms with E-state index in [1.807, 2.05) is 5.38 Å². The lowest BCUT2D eigenvalue weighted by molar-refractivity contribution is 0.409. The molecule has 0 saturated heterocycles. The molecule has 2 rings (SSSR count). The first-order chi connectivity index (χ1) is 6.24. The Balaban J connectivity index is 2.81. The highest BCUT2D eigenvalue weighted by molar-refractivity contribution is 7.17. The maximum absolute atomic E-state index is 9.48. The third kappa shape index (κ3) is 1.24. The van der Waals surface area contributed by atoms with E-state index in [0.717, 1.165) is 10.9 Å². The maximum Gasteiger partial charge on any atom is 0.175 e. The average Bonchev–Trinajstić information content (AvgIpc) is 2.55. The number of alkyl halides is 1. The van der Waals surface area contributed by atoms with Crippen LogP contribution in [0.3, 0.4) is 0 Å². The number of phenols is 2. The van der Waals surface area contributed by atoms with Crippen molar-refractivity contribution in [3.63, 3.8) is 0 Å². The van der Waals surface area contributed by atoms with E-state index in [0.29, 0.717) is 10.6 Å². The van der Waals surface area contributed by atoms with Crippen molar-refractivity contribution < 1.29 is 10.2 Å². The molecule has 68 valence electrons. The van der Waals surface area contributed by atoms with Gasteiger partial charge >= 0.3 is 0 Å². The summed E-state index contributed by atoms with van der Waals surface area (Å²) in [5, 5.41) is 21.5. The lowest BCUT2D eigenvalue weighted by Crippen LogP contribution is -1.73. The molecule has 4 heteroatoms. The number of hydrogen-bond acceptors (Lipinski definition) is 3. The normalized spacial score (nSPS) is 10.8. The summed E-state index contributed by atoms with van der Waals surface area (Å²) in [6.07, 6.45) is 0. The second-order valence-corrected chi connectivity index (χ2v) is 3.85. The van der Waals surface area contributed by atoms with Gasteiger partial charge in [-0.2, -0.15) is 0 Å². The fourth-order valence-electron chi connectivity index (χ4n) is 1.23. The predicted octanol–water partition coefficient (Wildman–Crippen LogP) is 3.05. The van der Waals surface area contributed by atoms with Crippen molar-refractivity contribution >= 4 is 33.0 Å². The minimum Gasteiger partial charge on any atom is -0.504 e. The minimum absolute atomic E-state index is 0.0566. The highest BCUT2D eigenvalue weighted by Crippen LogP contribution is 2.39. The number of rotatable bonds is 1. The second-order valence-electron chi connectivity index (χ2n) is 2.70. The molecule has 0 atom stereocenters. The van der Waals surface area contributed by atoms with Gasteiger partial charge in [0.2, 0.25) is 0 Å². The van der Waals surface area contributed by atoms with Gasteiger partial charge in [0.1, 0.15) is 0 Å². The third-order valence-corrected chi connectivity index (χ3v) is 3.26. The summed E-state index contributed by atoms with van der Waals surface area (Å²) in [5.41, 5.74) is 0.983. The van der Waals surface area contributed by atoms with Crippen LogP contribution in [0.5, 0.6) is 11.5 Å². The molecule has 13 heavy (non-hydrogen) atoms. The van der Waals surface area contributed by atoms with Crippen LogP contribution in [-0.2, 0) is 5.88 Å². The molecule has 0 bridgehead atoms. The number of benzene rings is 1. The molecule has 0 aliphatic rings. The molecule has 0 aliphatic heterocycles. The average molecular weight is 215 g/mol. The number of aromatic hydroxyl groups is 2. The molecule has 1 aromatic heterocycles. The summed E-state index contributed by atoms with van der Waals surface area (Å²) in [5.74, 6) is 0.277. The van der Waals surface area contributed by atoms with Crippen LogP contribution in [0.25, 0.3) is 10.1 Å². The molecule has 0 fully saturated rings. The smallest absolute Gasteiger partial charge is 0.175 e. The van der Waals surface area contributed by atoms with E-state index in [1.54, 1.807) is 6.07 Å². The Kier molecular flexibility index (Phi) is 2.06. The molecule has 1 heterocycles. The number of fused-ring (bicyclic) bond motifs is 1. The molecule has 2 N–H and O–H groups in total. The van der Waals surface area contributed by atoms with Gasteiger partial charge in [-0.3, -0.25) is 0 Å². The van der Waals surface area contributed by atoms with E-state index < -0.39 is 0 Å². The summed E-state index contributed by atoms with van der Waals surface area (Å²) in [7, 11) is 0. The lowest BCUT2D eigenvalue weighted by atomic mass is 10.2. The van der Waals surface area contributed by atoms with Crippen LogP contribution in [0.2, 0.25) is 0 Å². The molecule has 1 aromatic carbocycles. The van der Waals surface area contributed by atoms with E-state index in [9.17, 15) is 10.2 Å². The Labute approximate surface area is 84.0 Å². The molecule has 0 aliphatic carbocycles. The highest BCUT2D eigenvalue weighted by atomic mass is 35.5. The predicted molar refractivity (Wildman–Crippen MR) is 54.7 cm³/mol. The summed E-state index contributed by atoms with van der Waals surface area (Å²) < 4.78 is 0.690. The van der Waals surface area contributed by atoms with Crippen molar-refractivity contribution in [1.29, 1.82) is 0 Å². The number of phenolic OH excluding ortho intramolecular Hbond substituents is 2. The Bertz CT molecular complexity index is 450. The fraction of sp³-hybridized carbons (Fsp3) is 0.111. The zero-order chi connectivity index (χ0) is 9.42. The van der Waals surface area contributed by atoms with E-state index in [2.05, 4.69) is 0 Å². The topological polar surface area (TPSA) is 40.5 Å². The zero-order valence-electron chi connectivity index (χ0n) is 6.62. The summed E-state index contributed by atoms with van der Waals surface area (Å²) >= 11 is 7.09. The van der Waals surface area contributed by atoms with E-state index in [1.165, 1.54) is 17.4 Å². The fourth-order valence-corrected chi connectivity index (χ4v) is 2.56. The molecule has 0 amide bonds. The molecule has 2 nitrogen and oxygen atoms in total. The van der Waals surface area contributed by atoms with Crippen molar-refractivity contribution in [2.45, 2.75) is 5.88 Å². The van der Waals surface area contributed by atoms with Crippen molar-refractivity contribution in [1.82, 2.24) is 0 Å². The van der Waals surface area contributed by atoms with E-state index in [4.69, 9.17) is 11.6 Å². The highest BCUT2D eigenvalue weighted by Gasteiger charge is 2.09. The Morgan fingerprint density at radius 2 is 2.08 bits per heavy atom. The van der Waals surface area contributed by atoms with E-state index >= 15 is 0 Å². The standard InChI is InChI=1S/C9H7ClO2S/c10-3-5-4-13-9-6(5)1-2-7(11)8(9)12/h1-2,4,11-12H,3H2. The van der Waals surface area contributed by atoms with Crippen LogP contribution in [-0.4, -0.2) is 10.2 Å². The van der Waals surface area contributed by atoms with Crippen LogP contribution in [0, 0.1) is 0 Å². The van der Waals surface area contributed by atoms with Gasteiger partial charge in [0, 0.05) is 11.3 Å². The largest absolute Gasteiger partial charge is 0.504 e. The summed E-state index contributed by atoms with van der Waals surface area (Å²) in [6, 6.07) is 3.24. The van der Waals surface area contributed by atoms with Crippen LogP contribution < -0.4 is 0 Å². The van der Waals surface area contributed by atoms with Gasteiger partial charge in [-0.1, -0.05) is 0 Å². The first kappa shape index (κ1) is 8.66. The van der Waals surface area contributed by atoms with Crippen LogP contribution in [0.15, 0.2) is 17.5 Å². The molecule has 2 aromatic rings. The molecule has 0 spiro atoms. The first-order valence-electron chi connectivity index (χ1n) is 3.71. The van der Waals surface area contributed by atoms with Crippen LogP contribution in [0.1, 0.15) is 5.56 Å². The molecule has 0 saturated carbocycles. The van der Waals surface area contributed by atoms with Gasteiger partial charge in [0.25, 0.3) is 0 Å². The molecule has 0 unspecified atom stereocenters. The van der Waals surface area contributed by atoms with Crippen molar-refractivity contribution in [2.24, 2.45) is 0 Å². The van der Waals surface area contributed by atoms with Gasteiger partial charge in [-0.15, -0.1) is 22.9 Å². The van der Waals surface area contributed by atoms with Crippen molar-refractivity contribution in [3.8, 4) is 11.5 Å². The number of hydrogen-bond donors (Lipinski definition) is 2. The van der Waals surface area contributed by atoms with Crippen LogP contribution in [0.4, 0.5) is 0 Å². The lowest BCUT2D eigenvalue weighted by Gasteiger charge is -1.98. The SMILES string of the molecule is Oc1ccc2c(CCl)csc2c1O. The van der Waals surface area contributed by atoms with Gasteiger partial charge in [0.15, 0.2) is 11.5 Å². The minimum atomic E-state index is -0.0875. The zero-order valence-corrected chi connectivity index (χ0v) is 8.19. The third-order valence-electron chi connectivity index (χ3n) is 1.92. The number of thiophene rings is 1. The van der Waals surface area contributed by atoms with Crippen LogP contribution >= 0.6 is 22.9 Å². The summed E-state index contributed by atoms with van der Waals surface area (Å²) in [4.78, 5) is 0. The second kappa shape index (κ2) is 3.09.